The number of hydrogen-bond acceptors (Lipinski definition) is 3. The Balaban J connectivity index is 0. The van der Waals surface area contributed by atoms with E-state index in [2.05, 4.69) is 10.7 Å². The van der Waals surface area contributed by atoms with Gasteiger partial charge in [-0.1, -0.05) is 0 Å². The Bertz CT molecular complexity index is 128. The van der Waals surface area contributed by atoms with E-state index in [1.807, 2.05) is 0 Å². The number of amides is 1. The molecule has 0 aromatic carbocycles. The van der Waals surface area contributed by atoms with Crippen LogP contribution in [0.3, 0.4) is 0 Å². The second kappa shape index (κ2) is 7.61. The molecule has 1 amide bonds. The highest BCUT2D eigenvalue weighted by molar-refractivity contribution is 5.85. The summed E-state index contributed by atoms with van der Waals surface area (Å²) in [6, 6.07) is 0. The fraction of sp³-hybridized carbons (Fsp3) is 0.833. The normalized spacial score (nSPS) is 17.1. The number of hydrazine groups is 1. The SMILES string of the molecule is Cl.Cl.NNC(=O)C1CCNCC1. The van der Waals surface area contributed by atoms with Crippen LogP contribution in [0.4, 0.5) is 0 Å². The number of carbonyl (C=O) groups excluding carboxylic acids is 1. The number of piperidine rings is 1. The van der Waals surface area contributed by atoms with E-state index in [0.717, 1.165) is 25.9 Å². The summed E-state index contributed by atoms with van der Waals surface area (Å²) in [4.78, 5) is 10.9. The number of hydrogen-bond donors (Lipinski definition) is 3. The molecule has 0 radical (unpaired) electrons. The lowest BCUT2D eigenvalue weighted by Gasteiger charge is -2.20. The molecule has 74 valence electrons. The lowest BCUT2D eigenvalue weighted by molar-refractivity contribution is -0.125. The van der Waals surface area contributed by atoms with Crippen LogP contribution in [0.15, 0.2) is 0 Å². The first kappa shape index (κ1) is 14.5. The van der Waals surface area contributed by atoms with E-state index in [9.17, 15) is 4.79 Å². The molecule has 0 saturated carbocycles. The molecule has 1 aliphatic rings. The molecule has 1 aliphatic heterocycles. The van der Waals surface area contributed by atoms with Gasteiger partial charge in [-0.25, -0.2) is 5.84 Å². The number of nitrogens with one attached hydrogen (secondary N) is 2. The summed E-state index contributed by atoms with van der Waals surface area (Å²) in [6.45, 7) is 1.86. The van der Waals surface area contributed by atoms with E-state index >= 15 is 0 Å². The molecule has 1 heterocycles. The Kier molecular flexibility index (Phi) is 9.19. The fourth-order valence-corrected chi connectivity index (χ4v) is 1.20. The second-order valence-corrected chi connectivity index (χ2v) is 2.53. The third-order valence-electron chi connectivity index (χ3n) is 1.85. The monoisotopic (exact) mass is 215 g/mol. The van der Waals surface area contributed by atoms with Crippen molar-refractivity contribution in [1.82, 2.24) is 10.7 Å². The lowest BCUT2D eigenvalue weighted by atomic mass is 9.98. The summed E-state index contributed by atoms with van der Waals surface area (Å²) >= 11 is 0. The van der Waals surface area contributed by atoms with Crippen molar-refractivity contribution in [3.63, 3.8) is 0 Å². The van der Waals surface area contributed by atoms with Gasteiger partial charge in [0.05, 0.1) is 0 Å². The molecule has 0 bridgehead atoms. The maximum absolute atomic E-state index is 10.9. The van der Waals surface area contributed by atoms with Crippen molar-refractivity contribution in [3.8, 4) is 0 Å². The summed E-state index contributed by atoms with van der Waals surface area (Å²) < 4.78 is 0. The van der Waals surface area contributed by atoms with Gasteiger partial charge >= 0.3 is 0 Å². The van der Waals surface area contributed by atoms with Crippen LogP contribution in [0, 0.1) is 5.92 Å². The van der Waals surface area contributed by atoms with Crippen molar-refractivity contribution >= 4 is 30.7 Å². The summed E-state index contributed by atoms with van der Waals surface area (Å²) in [7, 11) is 0. The number of carbonyl (C=O) groups is 1. The Labute approximate surface area is 84.4 Å². The Morgan fingerprint density at radius 1 is 1.33 bits per heavy atom. The predicted octanol–water partition coefficient (Wildman–Crippen LogP) is -0.181. The zero-order chi connectivity index (χ0) is 7.40. The maximum Gasteiger partial charge on any atom is 0.237 e. The third kappa shape index (κ3) is 4.11. The van der Waals surface area contributed by atoms with Gasteiger partial charge in [0.1, 0.15) is 0 Å². The average Bonchev–Trinajstić information content (AvgIpc) is 2.05. The first-order valence-electron chi connectivity index (χ1n) is 3.56. The second-order valence-electron chi connectivity index (χ2n) is 2.53. The Morgan fingerprint density at radius 2 is 1.83 bits per heavy atom. The van der Waals surface area contributed by atoms with E-state index < -0.39 is 0 Å². The van der Waals surface area contributed by atoms with Crippen LogP contribution >= 0.6 is 24.8 Å². The fourth-order valence-electron chi connectivity index (χ4n) is 1.20. The highest BCUT2D eigenvalue weighted by Gasteiger charge is 2.19. The molecule has 1 rings (SSSR count). The van der Waals surface area contributed by atoms with Crippen LogP contribution in [-0.4, -0.2) is 19.0 Å². The molecule has 0 aromatic rings. The topological polar surface area (TPSA) is 67.1 Å². The molecule has 1 saturated heterocycles. The van der Waals surface area contributed by atoms with Gasteiger partial charge in [0, 0.05) is 5.92 Å². The standard InChI is InChI=1S/C6H13N3O.2ClH/c7-9-6(10)5-1-3-8-4-2-5;;/h5,8H,1-4,7H2,(H,9,10);2*1H. The van der Waals surface area contributed by atoms with E-state index in [1.54, 1.807) is 0 Å². The van der Waals surface area contributed by atoms with Gasteiger partial charge in [-0.2, -0.15) is 0 Å². The van der Waals surface area contributed by atoms with Crippen molar-refractivity contribution < 1.29 is 4.79 Å². The summed E-state index contributed by atoms with van der Waals surface area (Å²) in [6.07, 6.45) is 1.81. The summed E-state index contributed by atoms with van der Waals surface area (Å²) in [5.41, 5.74) is 2.17. The first-order chi connectivity index (χ1) is 4.84. The average molecular weight is 216 g/mol. The third-order valence-corrected chi connectivity index (χ3v) is 1.85. The Morgan fingerprint density at radius 3 is 2.25 bits per heavy atom. The summed E-state index contributed by atoms with van der Waals surface area (Å²) in [5, 5.41) is 3.17. The minimum absolute atomic E-state index is 0. The van der Waals surface area contributed by atoms with Crippen molar-refractivity contribution in [2.24, 2.45) is 11.8 Å². The zero-order valence-corrected chi connectivity index (χ0v) is 8.34. The van der Waals surface area contributed by atoms with Crippen molar-refractivity contribution in [3.05, 3.63) is 0 Å². The van der Waals surface area contributed by atoms with E-state index in [-0.39, 0.29) is 36.6 Å². The summed E-state index contributed by atoms with van der Waals surface area (Å²) in [5.74, 6) is 5.09. The molecule has 4 nitrogen and oxygen atoms in total. The molecule has 0 spiro atoms. The van der Waals surface area contributed by atoms with Gasteiger partial charge < -0.3 is 5.32 Å². The van der Waals surface area contributed by atoms with Crippen LogP contribution < -0.4 is 16.6 Å². The smallest absolute Gasteiger partial charge is 0.237 e. The highest BCUT2D eigenvalue weighted by Crippen LogP contribution is 2.10. The van der Waals surface area contributed by atoms with Gasteiger partial charge in [0.25, 0.3) is 0 Å². The molecule has 0 aromatic heterocycles. The minimum atomic E-state index is -0.0264. The van der Waals surface area contributed by atoms with Crippen molar-refractivity contribution in [2.75, 3.05) is 13.1 Å². The molecule has 0 atom stereocenters. The van der Waals surface area contributed by atoms with Crippen LogP contribution in [0.1, 0.15) is 12.8 Å². The molecule has 0 aliphatic carbocycles. The minimum Gasteiger partial charge on any atom is -0.317 e. The van der Waals surface area contributed by atoms with E-state index in [0.29, 0.717) is 0 Å². The van der Waals surface area contributed by atoms with Crippen molar-refractivity contribution in [1.29, 1.82) is 0 Å². The zero-order valence-electron chi connectivity index (χ0n) is 6.71. The number of rotatable bonds is 1. The Hall–Kier alpha value is -0.0300. The van der Waals surface area contributed by atoms with Gasteiger partial charge in [-0.3, -0.25) is 10.2 Å². The van der Waals surface area contributed by atoms with Crippen LogP contribution in [-0.2, 0) is 4.79 Å². The number of nitrogens with two attached hydrogens (primary N) is 1. The molecule has 6 heteroatoms. The van der Waals surface area contributed by atoms with Crippen molar-refractivity contribution in [2.45, 2.75) is 12.8 Å². The van der Waals surface area contributed by atoms with Gasteiger partial charge in [0.15, 0.2) is 0 Å². The van der Waals surface area contributed by atoms with Crippen LogP contribution in [0.25, 0.3) is 0 Å². The van der Waals surface area contributed by atoms with Crippen LogP contribution in [0.2, 0.25) is 0 Å². The predicted molar refractivity (Wildman–Crippen MR) is 52.4 cm³/mol. The molecule has 4 N–H and O–H groups in total. The van der Waals surface area contributed by atoms with Gasteiger partial charge in [0.2, 0.25) is 5.91 Å². The highest BCUT2D eigenvalue weighted by atomic mass is 35.5. The van der Waals surface area contributed by atoms with E-state index in [1.165, 1.54) is 0 Å². The maximum atomic E-state index is 10.9. The molecule has 12 heavy (non-hydrogen) atoms. The lowest BCUT2D eigenvalue weighted by Crippen LogP contribution is -2.41. The largest absolute Gasteiger partial charge is 0.317 e. The van der Waals surface area contributed by atoms with Crippen LogP contribution in [0.5, 0.6) is 0 Å². The van der Waals surface area contributed by atoms with E-state index in [4.69, 9.17) is 5.84 Å². The van der Waals surface area contributed by atoms with Gasteiger partial charge in [-0.05, 0) is 25.9 Å². The quantitative estimate of drug-likeness (QED) is 0.323. The first-order valence-corrected chi connectivity index (χ1v) is 3.56. The molecular weight excluding hydrogens is 201 g/mol. The molecule has 0 unspecified atom stereocenters. The number of halogens is 2. The molecular formula is C6H15Cl2N3O. The van der Waals surface area contributed by atoms with Gasteiger partial charge in [-0.15, -0.1) is 24.8 Å². The molecule has 1 fully saturated rings.